The van der Waals surface area contributed by atoms with E-state index < -0.39 is 0 Å². The molecule has 2 rings (SSSR count). The highest BCUT2D eigenvalue weighted by Gasteiger charge is 2.13. The van der Waals surface area contributed by atoms with E-state index in [4.69, 9.17) is 0 Å². The molecule has 16 heavy (non-hydrogen) atoms. The third-order valence-corrected chi connectivity index (χ3v) is 2.59. The SMILES string of the molecule is C.CCC.CCN1CCCc2ccccc21. The van der Waals surface area contributed by atoms with Crippen molar-refractivity contribution in [3.8, 4) is 0 Å². The topological polar surface area (TPSA) is 3.24 Å². The Morgan fingerprint density at radius 3 is 2.38 bits per heavy atom. The van der Waals surface area contributed by atoms with Gasteiger partial charge in [-0.25, -0.2) is 0 Å². The van der Waals surface area contributed by atoms with Crippen molar-refractivity contribution in [3.05, 3.63) is 29.8 Å². The van der Waals surface area contributed by atoms with Gasteiger partial charge in [-0.1, -0.05) is 45.9 Å². The summed E-state index contributed by atoms with van der Waals surface area (Å²) < 4.78 is 0. The molecule has 1 aliphatic heterocycles. The van der Waals surface area contributed by atoms with E-state index in [2.05, 4.69) is 49.9 Å². The summed E-state index contributed by atoms with van der Waals surface area (Å²) in [7, 11) is 0. The van der Waals surface area contributed by atoms with Gasteiger partial charge in [0, 0.05) is 18.8 Å². The molecule has 1 nitrogen and oxygen atoms in total. The van der Waals surface area contributed by atoms with Gasteiger partial charge in [-0.05, 0) is 31.4 Å². The normalized spacial score (nSPS) is 13.1. The Morgan fingerprint density at radius 2 is 1.75 bits per heavy atom. The van der Waals surface area contributed by atoms with Crippen LogP contribution in [-0.2, 0) is 6.42 Å². The number of aryl methyl sites for hydroxylation is 1. The second-order valence-corrected chi connectivity index (χ2v) is 4.02. The minimum atomic E-state index is 0. The maximum Gasteiger partial charge on any atom is 0.0398 e. The molecule has 0 aliphatic carbocycles. The molecule has 0 atom stereocenters. The molecule has 0 aromatic heterocycles. The minimum absolute atomic E-state index is 0. The third-order valence-electron chi connectivity index (χ3n) is 2.59. The number of nitrogens with zero attached hydrogens (tertiary/aromatic N) is 1. The largest absolute Gasteiger partial charge is 0.372 e. The highest BCUT2D eigenvalue weighted by molar-refractivity contribution is 5.55. The van der Waals surface area contributed by atoms with Gasteiger partial charge in [0.15, 0.2) is 0 Å². The molecule has 0 bridgehead atoms. The lowest BCUT2D eigenvalue weighted by Gasteiger charge is -2.29. The number of rotatable bonds is 1. The smallest absolute Gasteiger partial charge is 0.0398 e. The Bertz CT molecular complexity index is 281. The van der Waals surface area contributed by atoms with Crippen molar-refractivity contribution < 1.29 is 0 Å². The van der Waals surface area contributed by atoms with Gasteiger partial charge in [-0.2, -0.15) is 0 Å². The van der Waals surface area contributed by atoms with Gasteiger partial charge in [0.1, 0.15) is 0 Å². The van der Waals surface area contributed by atoms with Crippen molar-refractivity contribution in [1.82, 2.24) is 0 Å². The Hall–Kier alpha value is -0.980. The molecule has 0 saturated carbocycles. The van der Waals surface area contributed by atoms with Crippen molar-refractivity contribution in [2.75, 3.05) is 18.0 Å². The molecular weight excluding hydrogens is 194 g/mol. The average Bonchev–Trinajstić information content (AvgIpc) is 2.29. The average molecular weight is 221 g/mol. The fourth-order valence-electron chi connectivity index (χ4n) is 1.94. The number of benzene rings is 1. The lowest BCUT2D eigenvalue weighted by atomic mass is 10.0. The molecule has 0 unspecified atom stereocenters. The van der Waals surface area contributed by atoms with Crippen LogP contribution in [0.4, 0.5) is 5.69 Å². The number of hydrogen-bond acceptors (Lipinski definition) is 1. The van der Waals surface area contributed by atoms with Crippen LogP contribution in [0.3, 0.4) is 0 Å². The summed E-state index contributed by atoms with van der Waals surface area (Å²) in [5, 5.41) is 0. The van der Waals surface area contributed by atoms with E-state index in [1.54, 1.807) is 0 Å². The second-order valence-electron chi connectivity index (χ2n) is 4.02. The molecule has 1 heteroatoms. The summed E-state index contributed by atoms with van der Waals surface area (Å²) in [4.78, 5) is 2.46. The van der Waals surface area contributed by atoms with E-state index in [0.717, 1.165) is 6.54 Å². The summed E-state index contributed by atoms with van der Waals surface area (Å²) in [5.74, 6) is 0. The van der Waals surface area contributed by atoms with E-state index >= 15 is 0 Å². The van der Waals surface area contributed by atoms with Crippen molar-refractivity contribution in [2.24, 2.45) is 0 Å². The fourth-order valence-corrected chi connectivity index (χ4v) is 1.94. The molecule has 1 heterocycles. The first kappa shape index (κ1) is 15.0. The molecule has 0 fully saturated rings. The highest BCUT2D eigenvalue weighted by atomic mass is 15.1. The Morgan fingerprint density at radius 1 is 1.12 bits per heavy atom. The molecule has 0 amide bonds. The van der Waals surface area contributed by atoms with Gasteiger partial charge in [0.05, 0.1) is 0 Å². The van der Waals surface area contributed by atoms with Crippen LogP contribution in [0.5, 0.6) is 0 Å². The first-order chi connectivity index (χ1) is 7.33. The van der Waals surface area contributed by atoms with Crippen molar-refractivity contribution in [2.45, 2.75) is 47.5 Å². The van der Waals surface area contributed by atoms with Crippen molar-refractivity contribution in [3.63, 3.8) is 0 Å². The third kappa shape index (κ3) is 3.88. The van der Waals surface area contributed by atoms with Gasteiger partial charge < -0.3 is 4.90 Å². The molecule has 1 aromatic rings. The first-order valence-corrected chi connectivity index (χ1v) is 6.16. The van der Waals surface area contributed by atoms with E-state index in [9.17, 15) is 0 Å². The van der Waals surface area contributed by atoms with Crippen LogP contribution in [0, 0.1) is 0 Å². The summed E-state index contributed by atoms with van der Waals surface area (Å²) in [5.41, 5.74) is 2.97. The van der Waals surface area contributed by atoms with Crippen LogP contribution >= 0.6 is 0 Å². The fraction of sp³-hybridized carbons (Fsp3) is 0.600. The van der Waals surface area contributed by atoms with Gasteiger partial charge in [0.25, 0.3) is 0 Å². The summed E-state index contributed by atoms with van der Waals surface area (Å²) >= 11 is 0. The van der Waals surface area contributed by atoms with E-state index in [-0.39, 0.29) is 7.43 Å². The maximum atomic E-state index is 2.46. The van der Waals surface area contributed by atoms with Gasteiger partial charge in [-0.15, -0.1) is 0 Å². The predicted molar refractivity (Wildman–Crippen MR) is 75.3 cm³/mol. The lowest BCUT2D eigenvalue weighted by molar-refractivity contribution is 0.708. The number of fused-ring (bicyclic) bond motifs is 1. The maximum absolute atomic E-state index is 2.46. The Labute approximate surface area is 101 Å². The lowest BCUT2D eigenvalue weighted by Crippen LogP contribution is -2.28. The quantitative estimate of drug-likeness (QED) is 0.674. The standard InChI is InChI=1S/C11H15N.C3H8.CH4/c1-2-12-9-5-7-10-6-3-4-8-11(10)12;1-3-2;/h3-4,6,8H,2,5,7,9H2,1H3;3H2,1-2H3;1H4. The molecule has 0 N–H and O–H groups in total. The van der Waals surface area contributed by atoms with Gasteiger partial charge in [0.2, 0.25) is 0 Å². The molecule has 92 valence electrons. The van der Waals surface area contributed by atoms with Gasteiger partial charge >= 0.3 is 0 Å². The second kappa shape index (κ2) is 8.20. The van der Waals surface area contributed by atoms with E-state index in [1.807, 2.05) is 0 Å². The molecule has 0 spiro atoms. The Balaban J connectivity index is 0.000000511. The summed E-state index contributed by atoms with van der Waals surface area (Å²) in [6.45, 7) is 8.84. The number of para-hydroxylation sites is 1. The number of hydrogen-bond donors (Lipinski definition) is 0. The zero-order chi connectivity index (χ0) is 11.1. The van der Waals surface area contributed by atoms with Crippen LogP contribution in [0.2, 0.25) is 0 Å². The summed E-state index contributed by atoms with van der Waals surface area (Å²) in [6.07, 6.45) is 3.82. The van der Waals surface area contributed by atoms with Crippen LogP contribution in [-0.4, -0.2) is 13.1 Å². The van der Waals surface area contributed by atoms with Crippen LogP contribution in [0.25, 0.3) is 0 Å². The van der Waals surface area contributed by atoms with E-state index in [1.165, 1.54) is 37.1 Å². The molecule has 0 radical (unpaired) electrons. The predicted octanol–water partition coefficient (Wildman–Crippen LogP) is 4.51. The zero-order valence-corrected chi connectivity index (χ0v) is 10.3. The summed E-state index contributed by atoms with van der Waals surface area (Å²) in [6, 6.07) is 8.75. The number of anilines is 1. The molecule has 0 saturated heterocycles. The monoisotopic (exact) mass is 221 g/mol. The van der Waals surface area contributed by atoms with Crippen LogP contribution < -0.4 is 4.90 Å². The van der Waals surface area contributed by atoms with E-state index in [0.29, 0.717) is 0 Å². The van der Waals surface area contributed by atoms with Gasteiger partial charge in [-0.3, -0.25) is 0 Å². The molecule has 1 aromatic carbocycles. The zero-order valence-electron chi connectivity index (χ0n) is 10.3. The van der Waals surface area contributed by atoms with Crippen LogP contribution in [0.1, 0.15) is 46.6 Å². The molecular formula is C15H27N. The van der Waals surface area contributed by atoms with Crippen molar-refractivity contribution >= 4 is 5.69 Å². The highest BCUT2D eigenvalue weighted by Crippen LogP contribution is 2.25. The minimum Gasteiger partial charge on any atom is -0.372 e. The van der Waals surface area contributed by atoms with Crippen molar-refractivity contribution in [1.29, 1.82) is 0 Å². The first-order valence-electron chi connectivity index (χ1n) is 6.16. The Kier molecular flexibility index (Phi) is 7.70. The van der Waals surface area contributed by atoms with Crippen LogP contribution in [0.15, 0.2) is 24.3 Å². The molecule has 1 aliphatic rings.